The van der Waals surface area contributed by atoms with Crippen LogP contribution in [-0.2, 0) is 17.2 Å². The summed E-state index contributed by atoms with van der Waals surface area (Å²) in [4.78, 5) is 11.8. The van der Waals surface area contributed by atoms with Crippen molar-refractivity contribution in [1.82, 2.24) is 24.6 Å². The molecule has 35 heavy (non-hydrogen) atoms. The average Bonchev–Trinajstić information content (AvgIpc) is 3.36. The highest BCUT2D eigenvalue weighted by atomic mass is 16.5. The van der Waals surface area contributed by atoms with E-state index in [1.807, 2.05) is 17.9 Å². The van der Waals surface area contributed by atoms with Gasteiger partial charge in [-0.1, -0.05) is 20.8 Å². The summed E-state index contributed by atoms with van der Waals surface area (Å²) in [6.07, 6.45) is 3.61. The predicted molar refractivity (Wildman–Crippen MR) is 138 cm³/mol. The summed E-state index contributed by atoms with van der Waals surface area (Å²) in [5.74, 6) is 1.94. The number of fused-ring (bicyclic) bond motifs is 1. The molecule has 1 aromatic carbocycles. The Kier molecular flexibility index (Phi) is 6.10. The van der Waals surface area contributed by atoms with Crippen LogP contribution in [-0.4, -0.2) is 67.7 Å². The Balaban J connectivity index is 1.35. The van der Waals surface area contributed by atoms with Crippen LogP contribution in [0.4, 0.5) is 11.8 Å². The third kappa shape index (κ3) is 4.55. The van der Waals surface area contributed by atoms with Gasteiger partial charge in [-0.25, -0.2) is 9.97 Å². The maximum atomic E-state index is 10.4. The van der Waals surface area contributed by atoms with Crippen molar-refractivity contribution in [3.63, 3.8) is 0 Å². The highest BCUT2D eigenvalue weighted by molar-refractivity contribution is 5.81. The van der Waals surface area contributed by atoms with Gasteiger partial charge in [0.2, 0.25) is 5.95 Å². The zero-order chi connectivity index (χ0) is 25.0. The lowest BCUT2D eigenvalue weighted by Crippen LogP contribution is -2.56. The number of rotatable bonds is 4. The molecule has 0 saturated carbocycles. The van der Waals surface area contributed by atoms with E-state index in [4.69, 9.17) is 9.72 Å². The Morgan fingerprint density at radius 3 is 2.54 bits per heavy atom. The van der Waals surface area contributed by atoms with Crippen molar-refractivity contribution in [1.29, 1.82) is 0 Å². The highest BCUT2D eigenvalue weighted by Gasteiger charge is 2.44. The third-order valence-corrected chi connectivity index (χ3v) is 7.90. The van der Waals surface area contributed by atoms with E-state index >= 15 is 0 Å². The zero-order valence-electron chi connectivity index (χ0n) is 21.8. The van der Waals surface area contributed by atoms with Crippen LogP contribution in [0.15, 0.2) is 24.4 Å². The standard InChI is InChI=1S/C27H38N6O2/c1-17-11-19-14-28-25(30-24-13-22(26(2,3)4)31-32(24)6)29-21(19)12-20(17)18-7-9-33(10-8-18)27(5)16-35-15-23(27)34/h11-14,18,23,34H,7-10,15-16H2,1-6H3,(H,28,29,30). The topological polar surface area (TPSA) is 88.3 Å². The van der Waals surface area contributed by atoms with Gasteiger partial charge in [0.05, 0.1) is 36.1 Å². The lowest BCUT2D eigenvalue weighted by Gasteiger charge is -2.43. The van der Waals surface area contributed by atoms with Crippen LogP contribution >= 0.6 is 0 Å². The molecule has 2 aliphatic heterocycles. The molecule has 2 fully saturated rings. The van der Waals surface area contributed by atoms with E-state index in [0.29, 0.717) is 25.1 Å². The van der Waals surface area contributed by atoms with Crippen LogP contribution in [0.2, 0.25) is 0 Å². The fourth-order valence-electron chi connectivity index (χ4n) is 5.43. The van der Waals surface area contributed by atoms with Crippen molar-refractivity contribution in [2.24, 2.45) is 7.05 Å². The Hall–Kier alpha value is -2.55. The van der Waals surface area contributed by atoms with Crippen molar-refractivity contribution in [2.75, 3.05) is 31.6 Å². The van der Waals surface area contributed by atoms with Gasteiger partial charge < -0.3 is 15.2 Å². The van der Waals surface area contributed by atoms with Gasteiger partial charge in [0.1, 0.15) is 5.82 Å². The van der Waals surface area contributed by atoms with Crippen LogP contribution in [0, 0.1) is 6.92 Å². The summed E-state index contributed by atoms with van der Waals surface area (Å²) in [6, 6.07) is 6.52. The molecule has 0 bridgehead atoms. The quantitative estimate of drug-likeness (QED) is 0.585. The van der Waals surface area contributed by atoms with Crippen molar-refractivity contribution >= 4 is 22.7 Å². The molecule has 2 aliphatic rings. The maximum Gasteiger partial charge on any atom is 0.228 e. The maximum absolute atomic E-state index is 10.4. The van der Waals surface area contributed by atoms with E-state index in [1.165, 1.54) is 11.1 Å². The third-order valence-electron chi connectivity index (χ3n) is 7.90. The van der Waals surface area contributed by atoms with Gasteiger partial charge in [-0.3, -0.25) is 9.58 Å². The van der Waals surface area contributed by atoms with Gasteiger partial charge in [-0.2, -0.15) is 5.10 Å². The summed E-state index contributed by atoms with van der Waals surface area (Å²) in [6.45, 7) is 13.8. The number of hydrogen-bond acceptors (Lipinski definition) is 7. The van der Waals surface area contributed by atoms with Gasteiger partial charge >= 0.3 is 0 Å². The van der Waals surface area contributed by atoms with Crippen molar-refractivity contribution in [3.05, 3.63) is 41.2 Å². The molecule has 0 aliphatic carbocycles. The molecule has 2 unspecified atom stereocenters. The first kappa shape index (κ1) is 24.2. The van der Waals surface area contributed by atoms with E-state index in [1.54, 1.807) is 0 Å². The number of aromatic nitrogens is 4. The molecular formula is C27H38N6O2. The normalized spacial score (nSPS) is 24.4. The summed E-state index contributed by atoms with van der Waals surface area (Å²) in [5.41, 5.74) is 4.34. The van der Waals surface area contributed by atoms with Crippen LogP contribution in [0.1, 0.15) is 63.3 Å². The SMILES string of the molecule is Cc1cc2cnc(Nc3cc(C(C)(C)C)nn3C)nc2cc1C1CCN(C2(C)COCC2O)CC1. The largest absolute Gasteiger partial charge is 0.389 e. The molecule has 4 heterocycles. The van der Waals surface area contributed by atoms with Crippen LogP contribution < -0.4 is 5.32 Å². The first-order chi connectivity index (χ1) is 16.5. The number of aliphatic hydroxyl groups excluding tert-OH is 1. The van der Waals surface area contributed by atoms with Gasteiger partial charge in [-0.15, -0.1) is 0 Å². The number of anilines is 2. The lowest BCUT2D eigenvalue weighted by molar-refractivity contribution is -0.00214. The van der Waals surface area contributed by atoms with Gasteiger partial charge in [-0.05, 0) is 69.0 Å². The molecule has 2 N–H and O–H groups in total. The Morgan fingerprint density at radius 2 is 1.91 bits per heavy atom. The minimum absolute atomic E-state index is 0.0236. The number of hydrogen-bond donors (Lipinski definition) is 2. The molecule has 2 saturated heterocycles. The van der Waals surface area contributed by atoms with Crippen LogP contribution in [0.3, 0.4) is 0 Å². The summed E-state index contributed by atoms with van der Waals surface area (Å²) < 4.78 is 7.41. The van der Waals surface area contributed by atoms with E-state index in [9.17, 15) is 5.11 Å². The highest BCUT2D eigenvalue weighted by Crippen LogP contribution is 2.37. The van der Waals surface area contributed by atoms with Crippen molar-refractivity contribution in [3.8, 4) is 0 Å². The van der Waals surface area contributed by atoms with Crippen molar-refractivity contribution in [2.45, 2.75) is 70.4 Å². The molecule has 3 aromatic rings. The van der Waals surface area contributed by atoms with E-state index in [0.717, 1.165) is 48.3 Å². The molecule has 2 atom stereocenters. The summed E-state index contributed by atoms with van der Waals surface area (Å²) in [7, 11) is 1.93. The van der Waals surface area contributed by atoms with E-state index in [2.05, 4.69) is 73.1 Å². The summed E-state index contributed by atoms with van der Waals surface area (Å²) in [5, 5.41) is 19.5. The van der Waals surface area contributed by atoms with Crippen molar-refractivity contribution < 1.29 is 9.84 Å². The number of aryl methyl sites for hydroxylation is 2. The fourth-order valence-corrected chi connectivity index (χ4v) is 5.43. The van der Waals surface area contributed by atoms with Gasteiger partial charge in [0, 0.05) is 30.1 Å². The zero-order valence-corrected chi connectivity index (χ0v) is 21.8. The number of benzene rings is 1. The molecule has 0 spiro atoms. The molecule has 8 nitrogen and oxygen atoms in total. The predicted octanol–water partition coefficient (Wildman–Crippen LogP) is 4.04. The summed E-state index contributed by atoms with van der Waals surface area (Å²) >= 11 is 0. The molecule has 2 aromatic heterocycles. The Bertz CT molecular complexity index is 1220. The number of aliphatic hydroxyl groups is 1. The monoisotopic (exact) mass is 478 g/mol. The molecule has 5 rings (SSSR count). The minimum Gasteiger partial charge on any atom is -0.389 e. The van der Waals surface area contributed by atoms with E-state index in [-0.39, 0.29) is 11.0 Å². The second-order valence-electron chi connectivity index (χ2n) is 11.5. The number of likely N-dealkylation sites (tertiary alicyclic amines) is 1. The van der Waals surface area contributed by atoms with Gasteiger partial charge in [0.15, 0.2) is 0 Å². The number of nitrogens with one attached hydrogen (secondary N) is 1. The smallest absolute Gasteiger partial charge is 0.228 e. The average molecular weight is 479 g/mol. The molecule has 8 heteroatoms. The molecule has 188 valence electrons. The Labute approximate surface area is 207 Å². The molecule has 0 radical (unpaired) electrons. The minimum atomic E-state index is -0.414. The van der Waals surface area contributed by atoms with Gasteiger partial charge in [0.25, 0.3) is 0 Å². The first-order valence-corrected chi connectivity index (χ1v) is 12.6. The first-order valence-electron chi connectivity index (χ1n) is 12.6. The van der Waals surface area contributed by atoms with Crippen LogP contribution in [0.25, 0.3) is 10.9 Å². The second-order valence-corrected chi connectivity index (χ2v) is 11.5. The number of ether oxygens (including phenoxy) is 1. The Morgan fingerprint density at radius 1 is 1.17 bits per heavy atom. The fraction of sp³-hybridized carbons (Fsp3) is 0.593. The number of piperidine rings is 1. The second kappa shape index (κ2) is 8.84. The van der Waals surface area contributed by atoms with E-state index < -0.39 is 6.10 Å². The lowest BCUT2D eigenvalue weighted by atomic mass is 9.84. The van der Waals surface area contributed by atoms with Crippen LogP contribution in [0.5, 0.6) is 0 Å². The molecule has 0 amide bonds. The number of nitrogens with zero attached hydrogens (tertiary/aromatic N) is 5. The molecular weight excluding hydrogens is 440 g/mol.